The molecular formula is C30H34O8. The van der Waals surface area contributed by atoms with Crippen LogP contribution in [0.15, 0.2) is 85.0 Å². The molecule has 0 spiro atoms. The van der Waals surface area contributed by atoms with Crippen LogP contribution in [0.25, 0.3) is 0 Å². The summed E-state index contributed by atoms with van der Waals surface area (Å²) in [5.74, 6) is -1.64. The molecule has 5 atom stereocenters. The minimum atomic E-state index is -0.943. The average molecular weight is 523 g/mol. The molecule has 0 bridgehead atoms. The second-order valence-electron chi connectivity index (χ2n) is 8.84. The Bertz CT molecular complexity index is 1100. The third kappa shape index (κ3) is 8.68. The standard InChI is InChI=1S/C30H34O8/c1-21-12-10-17-24(37-29(32)27(34-2)22-13-6-4-7-14-22)18-11-19-25(20-26(31)36-21)38-30(33)28(35-3)23-15-8-5-9-16-23/h4-11,13-17,19,21,24-25,27-28H,12,18,20H2,1-3H3/b17-10+,19-11+/t21-,24+,25-,27+,28+/m1/s1. The first-order valence-electron chi connectivity index (χ1n) is 12.5. The smallest absolute Gasteiger partial charge is 0.340 e. The van der Waals surface area contributed by atoms with Crippen LogP contribution in [0.4, 0.5) is 0 Å². The van der Waals surface area contributed by atoms with Gasteiger partial charge < -0.3 is 23.7 Å². The van der Waals surface area contributed by atoms with Crippen LogP contribution >= 0.6 is 0 Å². The molecule has 1 heterocycles. The van der Waals surface area contributed by atoms with Gasteiger partial charge in [0, 0.05) is 27.1 Å². The van der Waals surface area contributed by atoms with Crippen molar-refractivity contribution in [3.63, 3.8) is 0 Å². The van der Waals surface area contributed by atoms with Crippen LogP contribution in [0.2, 0.25) is 0 Å². The quantitative estimate of drug-likeness (QED) is 0.277. The van der Waals surface area contributed by atoms with Gasteiger partial charge in [0.1, 0.15) is 18.3 Å². The highest BCUT2D eigenvalue weighted by atomic mass is 16.6. The molecule has 0 aliphatic carbocycles. The third-order valence-corrected chi connectivity index (χ3v) is 5.88. The van der Waals surface area contributed by atoms with E-state index in [-0.39, 0.29) is 6.42 Å². The first kappa shape index (κ1) is 28.8. The number of hydrogen-bond donors (Lipinski definition) is 0. The highest BCUT2D eigenvalue weighted by Crippen LogP contribution is 2.22. The number of hydrogen-bond acceptors (Lipinski definition) is 8. The Kier molecular flexibility index (Phi) is 11.3. The monoisotopic (exact) mass is 522 g/mol. The van der Waals surface area contributed by atoms with Gasteiger partial charge in [0.2, 0.25) is 0 Å². The molecule has 1 aliphatic rings. The van der Waals surface area contributed by atoms with E-state index in [1.165, 1.54) is 14.2 Å². The van der Waals surface area contributed by atoms with E-state index in [4.69, 9.17) is 23.7 Å². The second kappa shape index (κ2) is 14.9. The fourth-order valence-electron chi connectivity index (χ4n) is 4.00. The maximum atomic E-state index is 12.9. The Hall–Kier alpha value is -3.75. The van der Waals surface area contributed by atoms with Gasteiger partial charge in [0.05, 0.1) is 6.42 Å². The summed E-state index contributed by atoms with van der Waals surface area (Å²) in [6.45, 7) is 1.76. The Balaban J connectivity index is 1.74. The van der Waals surface area contributed by atoms with Gasteiger partial charge >= 0.3 is 17.9 Å². The molecule has 8 nitrogen and oxygen atoms in total. The van der Waals surface area contributed by atoms with Crippen molar-refractivity contribution in [2.75, 3.05) is 14.2 Å². The van der Waals surface area contributed by atoms with E-state index in [2.05, 4.69) is 0 Å². The fourth-order valence-corrected chi connectivity index (χ4v) is 4.00. The maximum Gasteiger partial charge on any atom is 0.340 e. The highest BCUT2D eigenvalue weighted by molar-refractivity contribution is 5.78. The summed E-state index contributed by atoms with van der Waals surface area (Å²) < 4.78 is 27.6. The Morgan fingerprint density at radius 2 is 1.24 bits per heavy atom. The largest absolute Gasteiger partial charge is 0.462 e. The van der Waals surface area contributed by atoms with E-state index in [0.29, 0.717) is 24.0 Å². The molecule has 0 fully saturated rings. The summed E-state index contributed by atoms with van der Waals surface area (Å²) in [6.07, 6.45) is 3.74. The molecule has 0 amide bonds. The summed E-state index contributed by atoms with van der Waals surface area (Å²) in [4.78, 5) is 38.3. The number of benzene rings is 2. The van der Waals surface area contributed by atoms with Gasteiger partial charge in [0.25, 0.3) is 0 Å². The minimum Gasteiger partial charge on any atom is -0.462 e. The summed E-state index contributed by atoms with van der Waals surface area (Å²) in [5, 5.41) is 0. The predicted octanol–water partition coefficient (Wildman–Crippen LogP) is 4.81. The van der Waals surface area contributed by atoms with Crippen LogP contribution in [0, 0.1) is 0 Å². The van der Waals surface area contributed by atoms with E-state index in [1.54, 1.807) is 61.5 Å². The molecule has 2 aromatic rings. The van der Waals surface area contributed by atoms with Crippen LogP contribution in [0.1, 0.15) is 49.5 Å². The zero-order chi connectivity index (χ0) is 27.3. The lowest BCUT2D eigenvalue weighted by molar-refractivity contribution is -0.163. The van der Waals surface area contributed by atoms with E-state index in [1.807, 2.05) is 30.3 Å². The van der Waals surface area contributed by atoms with Crippen LogP contribution in [-0.2, 0) is 38.1 Å². The molecule has 0 aromatic heterocycles. The number of esters is 3. The number of methoxy groups -OCH3 is 2. The van der Waals surface area contributed by atoms with Crippen molar-refractivity contribution in [3.8, 4) is 0 Å². The lowest BCUT2D eigenvalue weighted by Crippen LogP contribution is -2.27. The molecule has 3 rings (SSSR count). The lowest BCUT2D eigenvalue weighted by Gasteiger charge is -2.21. The molecule has 2 aromatic carbocycles. The summed E-state index contributed by atoms with van der Waals surface area (Å²) in [7, 11) is 2.87. The van der Waals surface area contributed by atoms with E-state index in [0.717, 1.165) is 0 Å². The molecule has 8 heteroatoms. The fraction of sp³-hybridized carbons (Fsp3) is 0.367. The zero-order valence-corrected chi connectivity index (χ0v) is 21.9. The van der Waals surface area contributed by atoms with Crippen LogP contribution in [0.5, 0.6) is 0 Å². The van der Waals surface area contributed by atoms with Gasteiger partial charge in [-0.2, -0.15) is 0 Å². The van der Waals surface area contributed by atoms with Crippen molar-refractivity contribution in [1.82, 2.24) is 0 Å². The minimum absolute atomic E-state index is 0.161. The molecule has 0 radical (unpaired) electrons. The van der Waals surface area contributed by atoms with E-state index in [9.17, 15) is 14.4 Å². The number of rotatable bonds is 8. The predicted molar refractivity (Wildman–Crippen MR) is 140 cm³/mol. The highest BCUT2D eigenvalue weighted by Gasteiger charge is 2.27. The average Bonchev–Trinajstić information content (AvgIpc) is 2.90. The Morgan fingerprint density at radius 1 is 0.763 bits per heavy atom. The van der Waals surface area contributed by atoms with Gasteiger partial charge in [-0.25, -0.2) is 9.59 Å². The first-order chi connectivity index (χ1) is 18.4. The van der Waals surface area contributed by atoms with Crippen molar-refractivity contribution < 1.29 is 38.1 Å². The second-order valence-corrected chi connectivity index (χ2v) is 8.84. The molecular weight excluding hydrogens is 488 g/mol. The number of cyclic esters (lactones) is 1. The Morgan fingerprint density at radius 3 is 1.76 bits per heavy atom. The molecule has 1 aliphatic heterocycles. The molecule has 38 heavy (non-hydrogen) atoms. The number of ether oxygens (including phenoxy) is 5. The van der Waals surface area contributed by atoms with Crippen molar-refractivity contribution in [2.45, 2.75) is 56.7 Å². The number of carbonyl (C=O) groups is 3. The molecule has 0 N–H and O–H groups in total. The summed E-state index contributed by atoms with van der Waals surface area (Å²) in [6, 6.07) is 18.0. The van der Waals surface area contributed by atoms with Crippen molar-refractivity contribution >= 4 is 17.9 Å². The van der Waals surface area contributed by atoms with E-state index < -0.39 is 48.4 Å². The summed E-state index contributed by atoms with van der Waals surface area (Å²) >= 11 is 0. The van der Waals surface area contributed by atoms with Gasteiger partial charge in [-0.05, 0) is 30.2 Å². The van der Waals surface area contributed by atoms with Crippen molar-refractivity contribution in [2.24, 2.45) is 0 Å². The van der Waals surface area contributed by atoms with Crippen molar-refractivity contribution in [1.29, 1.82) is 0 Å². The molecule has 0 unspecified atom stereocenters. The molecule has 0 saturated heterocycles. The van der Waals surface area contributed by atoms with Gasteiger partial charge in [-0.1, -0.05) is 72.8 Å². The zero-order valence-electron chi connectivity index (χ0n) is 21.9. The normalized spacial score (nSPS) is 23.4. The van der Waals surface area contributed by atoms with Gasteiger partial charge in [0.15, 0.2) is 12.2 Å². The van der Waals surface area contributed by atoms with Gasteiger partial charge in [-0.15, -0.1) is 0 Å². The van der Waals surface area contributed by atoms with Crippen LogP contribution in [-0.4, -0.2) is 50.4 Å². The van der Waals surface area contributed by atoms with Crippen molar-refractivity contribution in [3.05, 3.63) is 96.1 Å². The lowest BCUT2D eigenvalue weighted by atomic mass is 10.1. The first-order valence-corrected chi connectivity index (χ1v) is 12.5. The maximum absolute atomic E-state index is 12.9. The number of carbonyl (C=O) groups excluding carboxylic acids is 3. The summed E-state index contributed by atoms with van der Waals surface area (Å²) in [5.41, 5.74) is 1.32. The molecule has 202 valence electrons. The Labute approximate surface area is 223 Å². The third-order valence-electron chi connectivity index (χ3n) is 5.88. The topological polar surface area (TPSA) is 97.4 Å². The molecule has 0 saturated carbocycles. The SMILES string of the molecule is CO[C@H](C(=O)O[C@@H]1/C=C/C[C@@H](OC(=O)[C@@H](OC)c2ccccc2)/C=C/C[C@@H](C)OC(=O)C1)c1ccccc1. The van der Waals surface area contributed by atoms with Crippen LogP contribution < -0.4 is 0 Å². The van der Waals surface area contributed by atoms with Crippen LogP contribution in [0.3, 0.4) is 0 Å². The van der Waals surface area contributed by atoms with Gasteiger partial charge in [-0.3, -0.25) is 4.79 Å². The van der Waals surface area contributed by atoms with E-state index >= 15 is 0 Å².